The fourth-order valence-electron chi connectivity index (χ4n) is 1.63. The molecule has 16 heavy (non-hydrogen) atoms. The monoisotopic (exact) mass is 234 g/mol. The molecule has 1 aromatic carbocycles. The van der Waals surface area contributed by atoms with Crippen molar-refractivity contribution in [3.05, 3.63) is 46.2 Å². The normalized spacial score (nSPS) is 10.6. The molecule has 0 fully saturated rings. The lowest BCUT2D eigenvalue weighted by molar-refractivity contribution is 0.181. The molecule has 4 heteroatoms. The predicted molar refractivity (Wildman–Crippen MR) is 66.4 cm³/mol. The SMILES string of the molecule is COCc1cc(=S)n(-c2cccc(C)c2)[nH]1. The summed E-state index contributed by atoms with van der Waals surface area (Å²) in [6, 6.07) is 10.1. The first-order valence-electron chi connectivity index (χ1n) is 5.07. The summed E-state index contributed by atoms with van der Waals surface area (Å²) in [6.45, 7) is 2.61. The molecule has 0 unspecified atom stereocenters. The minimum absolute atomic E-state index is 0.544. The van der Waals surface area contributed by atoms with Crippen molar-refractivity contribution in [2.45, 2.75) is 13.5 Å². The van der Waals surface area contributed by atoms with Gasteiger partial charge in [-0.15, -0.1) is 0 Å². The molecule has 1 heterocycles. The Morgan fingerprint density at radius 1 is 1.38 bits per heavy atom. The van der Waals surface area contributed by atoms with E-state index in [2.05, 4.69) is 24.2 Å². The zero-order valence-electron chi connectivity index (χ0n) is 9.36. The molecule has 0 aliphatic rings. The Hall–Kier alpha value is -1.39. The van der Waals surface area contributed by atoms with Crippen LogP contribution in [-0.4, -0.2) is 16.9 Å². The highest BCUT2D eigenvalue weighted by Crippen LogP contribution is 2.11. The number of methoxy groups -OCH3 is 1. The van der Waals surface area contributed by atoms with E-state index in [4.69, 9.17) is 17.0 Å². The Kier molecular flexibility index (Phi) is 3.22. The number of hydrogen-bond donors (Lipinski definition) is 1. The summed E-state index contributed by atoms with van der Waals surface area (Å²) in [7, 11) is 1.67. The summed E-state index contributed by atoms with van der Waals surface area (Å²) in [5.74, 6) is 0. The van der Waals surface area contributed by atoms with Crippen LogP contribution in [0.5, 0.6) is 0 Å². The second-order valence-corrected chi connectivity index (χ2v) is 4.15. The molecule has 0 radical (unpaired) electrons. The van der Waals surface area contributed by atoms with Crippen LogP contribution in [0, 0.1) is 11.6 Å². The van der Waals surface area contributed by atoms with Crippen LogP contribution in [-0.2, 0) is 11.3 Å². The highest BCUT2D eigenvalue weighted by molar-refractivity contribution is 7.71. The van der Waals surface area contributed by atoms with Crippen molar-refractivity contribution >= 4 is 12.2 Å². The minimum Gasteiger partial charge on any atom is -0.378 e. The van der Waals surface area contributed by atoms with E-state index >= 15 is 0 Å². The molecule has 1 aromatic heterocycles. The lowest BCUT2D eigenvalue weighted by Crippen LogP contribution is -1.98. The molecule has 3 nitrogen and oxygen atoms in total. The number of aryl methyl sites for hydroxylation is 1. The molecule has 2 aromatic rings. The van der Waals surface area contributed by atoms with E-state index < -0.39 is 0 Å². The first-order chi connectivity index (χ1) is 7.70. The van der Waals surface area contributed by atoms with Crippen molar-refractivity contribution in [3.63, 3.8) is 0 Å². The summed E-state index contributed by atoms with van der Waals surface area (Å²) in [6.07, 6.45) is 0. The van der Waals surface area contributed by atoms with Crippen molar-refractivity contribution in [1.29, 1.82) is 0 Å². The van der Waals surface area contributed by atoms with Crippen LogP contribution >= 0.6 is 12.2 Å². The van der Waals surface area contributed by atoms with Crippen LogP contribution in [0.4, 0.5) is 0 Å². The molecule has 1 N–H and O–H groups in total. The molecule has 0 saturated carbocycles. The molecule has 84 valence electrons. The van der Waals surface area contributed by atoms with Crippen LogP contribution in [0.1, 0.15) is 11.3 Å². The lowest BCUT2D eigenvalue weighted by atomic mass is 10.2. The van der Waals surface area contributed by atoms with Gasteiger partial charge >= 0.3 is 0 Å². The van der Waals surface area contributed by atoms with Crippen molar-refractivity contribution in [2.24, 2.45) is 0 Å². The number of nitrogens with zero attached hydrogens (tertiary/aromatic N) is 1. The summed E-state index contributed by atoms with van der Waals surface area (Å²) in [5, 5.41) is 3.21. The highest BCUT2D eigenvalue weighted by atomic mass is 32.1. The third-order valence-electron chi connectivity index (χ3n) is 2.33. The zero-order chi connectivity index (χ0) is 11.5. The van der Waals surface area contributed by atoms with Crippen LogP contribution in [0.25, 0.3) is 5.69 Å². The summed E-state index contributed by atoms with van der Waals surface area (Å²) in [5.41, 5.74) is 3.24. The third kappa shape index (κ3) is 2.23. The van der Waals surface area contributed by atoms with Gasteiger partial charge in [-0.05, 0) is 30.7 Å². The fourth-order valence-corrected chi connectivity index (χ4v) is 1.93. The maximum Gasteiger partial charge on any atom is 0.128 e. The highest BCUT2D eigenvalue weighted by Gasteiger charge is 2.02. The number of nitrogens with one attached hydrogen (secondary N) is 1. The molecule has 0 saturated heterocycles. The Morgan fingerprint density at radius 2 is 2.19 bits per heavy atom. The van der Waals surface area contributed by atoms with E-state index in [1.165, 1.54) is 5.56 Å². The maximum absolute atomic E-state index is 5.29. The number of aromatic nitrogens is 2. The first-order valence-corrected chi connectivity index (χ1v) is 5.48. The van der Waals surface area contributed by atoms with E-state index in [9.17, 15) is 0 Å². The Morgan fingerprint density at radius 3 is 2.88 bits per heavy atom. The summed E-state index contributed by atoms with van der Waals surface area (Å²) >= 11 is 5.29. The van der Waals surface area contributed by atoms with E-state index in [1.54, 1.807) is 7.11 Å². The van der Waals surface area contributed by atoms with Gasteiger partial charge in [-0.25, -0.2) is 4.68 Å². The Labute approximate surface area is 99.7 Å². The standard InChI is InChI=1S/C12H14N2OS/c1-9-4-3-5-11(6-9)14-12(16)7-10(13-14)8-15-2/h3-7,13H,8H2,1-2H3. The van der Waals surface area contributed by atoms with Gasteiger partial charge in [-0.3, -0.25) is 5.10 Å². The van der Waals surface area contributed by atoms with E-state index in [0.717, 1.165) is 16.0 Å². The number of rotatable bonds is 3. The number of H-pyrrole nitrogens is 1. The third-order valence-corrected chi connectivity index (χ3v) is 2.63. The van der Waals surface area contributed by atoms with Gasteiger partial charge in [0.25, 0.3) is 0 Å². The van der Waals surface area contributed by atoms with E-state index in [0.29, 0.717) is 6.61 Å². The summed E-state index contributed by atoms with van der Waals surface area (Å²) in [4.78, 5) is 0. The molecule has 0 aliphatic heterocycles. The van der Waals surface area contributed by atoms with Crippen molar-refractivity contribution in [2.75, 3.05) is 7.11 Å². The molecular formula is C12H14N2OS. The van der Waals surface area contributed by atoms with Crippen LogP contribution in [0.15, 0.2) is 30.3 Å². The smallest absolute Gasteiger partial charge is 0.128 e. The molecule has 0 bridgehead atoms. The lowest BCUT2D eigenvalue weighted by Gasteiger charge is -2.04. The average molecular weight is 234 g/mol. The van der Waals surface area contributed by atoms with Crippen LogP contribution < -0.4 is 0 Å². The molecule has 2 rings (SSSR count). The van der Waals surface area contributed by atoms with Gasteiger partial charge in [0, 0.05) is 7.11 Å². The minimum atomic E-state index is 0.544. The first kappa shape index (κ1) is 11.1. The predicted octanol–water partition coefficient (Wildman–Crippen LogP) is 2.99. The van der Waals surface area contributed by atoms with Crippen LogP contribution in [0.3, 0.4) is 0 Å². The van der Waals surface area contributed by atoms with Gasteiger partial charge in [-0.1, -0.05) is 24.4 Å². The second-order valence-electron chi connectivity index (χ2n) is 3.73. The fraction of sp³-hybridized carbons (Fsp3) is 0.250. The van der Waals surface area contributed by atoms with Crippen molar-refractivity contribution in [1.82, 2.24) is 9.78 Å². The Bertz CT molecular complexity index is 542. The largest absolute Gasteiger partial charge is 0.378 e. The van der Waals surface area contributed by atoms with E-state index in [-0.39, 0.29) is 0 Å². The van der Waals surface area contributed by atoms with Gasteiger partial charge in [0.05, 0.1) is 18.0 Å². The van der Waals surface area contributed by atoms with Gasteiger partial charge < -0.3 is 4.74 Å². The number of aromatic amines is 1. The van der Waals surface area contributed by atoms with Crippen LogP contribution in [0.2, 0.25) is 0 Å². The van der Waals surface area contributed by atoms with Crippen molar-refractivity contribution < 1.29 is 4.74 Å². The summed E-state index contributed by atoms with van der Waals surface area (Å²) < 4.78 is 7.71. The number of hydrogen-bond acceptors (Lipinski definition) is 2. The molecule has 0 atom stereocenters. The molecule has 0 amide bonds. The molecular weight excluding hydrogens is 220 g/mol. The van der Waals surface area contributed by atoms with Gasteiger partial charge in [0.15, 0.2) is 0 Å². The Balaban J connectivity index is 2.44. The van der Waals surface area contributed by atoms with Crippen molar-refractivity contribution in [3.8, 4) is 5.69 Å². The number of benzene rings is 1. The topological polar surface area (TPSA) is 29.9 Å². The maximum atomic E-state index is 5.29. The van der Waals surface area contributed by atoms with Gasteiger partial charge in [0.1, 0.15) is 4.64 Å². The van der Waals surface area contributed by atoms with E-state index in [1.807, 2.05) is 22.9 Å². The van der Waals surface area contributed by atoms with Gasteiger partial charge in [-0.2, -0.15) is 0 Å². The quantitative estimate of drug-likeness (QED) is 0.827. The number of ether oxygens (including phenoxy) is 1. The average Bonchev–Trinajstić information content (AvgIpc) is 2.60. The zero-order valence-corrected chi connectivity index (χ0v) is 10.2. The molecule has 0 aliphatic carbocycles. The second kappa shape index (κ2) is 4.63. The molecule has 0 spiro atoms. The van der Waals surface area contributed by atoms with Gasteiger partial charge in [0.2, 0.25) is 0 Å².